The van der Waals surface area contributed by atoms with Crippen molar-refractivity contribution in [3.05, 3.63) is 141 Å². The number of aliphatic hydroxyl groups excluding tert-OH is 1. The van der Waals surface area contributed by atoms with E-state index in [0.29, 0.717) is 45.9 Å². The molecule has 0 aliphatic heterocycles. The van der Waals surface area contributed by atoms with Crippen LogP contribution in [-0.4, -0.2) is 27.0 Å². The number of allylic oxidation sites excluding steroid dienone is 2. The summed E-state index contributed by atoms with van der Waals surface area (Å²) in [7, 11) is 0. The SMILES string of the molecule is CCC(CC)C(=O)/C=C(\O)C(CC)CC.Cc1cc(-c2c(C(F)(F)F)cc(-c3c(C(F)(F)F)cc(CC(C)(C)C(F)(F)F)cc3C(F)(F)F)cc2C(F)(F)F)cc(C)c1-c1nc2ccnc(-c3[c-]c4ccccc4c(C(C)(C)C)c3)c2s1.[Ir]. The Labute approximate surface area is 489 Å². The summed E-state index contributed by atoms with van der Waals surface area (Å²) < 4.78 is 220. The topological polar surface area (TPSA) is 63.1 Å². The molecule has 7 rings (SSSR count). The standard InChI is InChI=1S/C49H36F15N2S.C13H24O2.Ir/c1-23-14-27(15-24(2)37(23)42-66-36-12-13-65-40(41(36)67-42)29-18-26-10-8-9-11-30(26)31(21-29)43(3,4)5)38-34(47(56,57)58)19-28(20-35(38)48(59,60)61)39-32(45(50,51)52)16-25(17-33(39)46(53,54)55)22-44(6,7)49(62,63)64;1-5-10(6-2)12(14)9-13(15)11(7-3)8-4;/h8-17,19-21H,22H2,1-7H3;9-11,14H,5-8H2,1-4H3;/q-1;;/b;12-9-;. The minimum absolute atomic E-state index is 0. The molecule has 0 aliphatic rings. The monoisotopic (exact) mass is 1370 g/mol. The summed E-state index contributed by atoms with van der Waals surface area (Å²) in [6, 6.07) is 15.9. The third-order valence-corrected chi connectivity index (χ3v) is 15.6. The number of hydrogen-bond donors (Lipinski definition) is 1. The van der Waals surface area contributed by atoms with Crippen LogP contribution in [0.25, 0.3) is 65.1 Å². The van der Waals surface area contributed by atoms with Crippen LogP contribution in [0.4, 0.5) is 65.9 Å². The number of alkyl halides is 15. The molecule has 5 aromatic carbocycles. The van der Waals surface area contributed by atoms with E-state index >= 15 is 26.3 Å². The number of halogens is 15. The summed E-state index contributed by atoms with van der Waals surface area (Å²) in [5.41, 5.74) is -16.6. The van der Waals surface area contributed by atoms with E-state index in [2.05, 4.69) is 31.8 Å². The van der Waals surface area contributed by atoms with E-state index in [1.54, 1.807) is 6.07 Å². The van der Waals surface area contributed by atoms with E-state index in [4.69, 9.17) is 4.98 Å². The number of fused-ring (bicyclic) bond motifs is 2. The van der Waals surface area contributed by atoms with Gasteiger partial charge in [0, 0.05) is 71.3 Å². The van der Waals surface area contributed by atoms with Crippen LogP contribution in [0.1, 0.15) is 133 Å². The number of ketones is 1. The van der Waals surface area contributed by atoms with Crippen LogP contribution in [0.2, 0.25) is 0 Å². The first-order chi connectivity index (χ1) is 37.7. The van der Waals surface area contributed by atoms with Gasteiger partial charge in [0.2, 0.25) is 0 Å². The molecule has 2 aromatic heterocycles. The first-order valence-electron chi connectivity index (χ1n) is 26.2. The maximum absolute atomic E-state index is 15.1. The van der Waals surface area contributed by atoms with Gasteiger partial charge in [0.1, 0.15) is 5.01 Å². The number of benzene rings is 5. The van der Waals surface area contributed by atoms with Gasteiger partial charge in [-0.25, -0.2) is 4.98 Å². The number of aromatic nitrogens is 2. The molecule has 83 heavy (non-hydrogen) atoms. The zero-order valence-electron chi connectivity index (χ0n) is 46.9. The van der Waals surface area contributed by atoms with Gasteiger partial charge in [-0.1, -0.05) is 104 Å². The molecule has 2 heterocycles. The molecule has 21 heteroatoms. The zero-order chi connectivity index (χ0) is 61.6. The predicted molar refractivity (Wildman–Crippen MR) is 291 cm³/mol. The molecule has 0 unspecified atom stereocenters. The molecule has 0 aliphatic carbocycles. The number of aryl methyl sites for hydroxylation is 2. The largest absolute Gasteiger partial charge is 0.512 e. The number of nitrogens with zero attached hydrogens (tertiary/aromatic N) is 2. The van der Waals surface area contributed by atoms with E-state index in [9.17, 15) is 49.4 Å². The summed E-state index contributed by atoms with van der Waals surface area (Å²) in [5.74, 6) is 0.547. The molecule has 1 radical (unpaired) electrons. The molecule has 0 bridgehead atoms. The molecule has 451 valence electrons. The van der Waals surface area contributed by atoms with Gasteiger partial charge in [-0.15, -0.1) is 40.5 Å². The Hall–Kier alpha value is -5.79. The van der Waals surface area contributed by atoms with Gasteiger partial charge in [0.05, 0.1) is 38.9 Å². The van der Waals surface area contributed by atoms with E-state index in [1.807, 2.05) is 58.0 Å². The maximum atomic E-state index is 15.1. The van der Waals surface area contributed by atoms with Crippen LogP contribution >= 0.6 is 11.3 Å². The number of carbonyl (C=O) groups is 1. The van der Waals surface area contributed by atoms with Crippen LogP contribution in [0.3, 0.4) is 0 Å². The number of thiazole rings is 1. The van der Waals surface area contributed by atoms with Crippen LogP contribution in [0.5, 0.6) is 0 Å². The van der Waals surface area contributed by atoms with Crippen LogP contribution in [0.15, 0.2) is 90.8 Å². The summed E-state index contributed by atoms with van der Waals surface area (Å²) in [6.07, 6.45) is -23.6. The molecule has 0 atom stereocenters. The Morgan fingerprint density at radius 2 is 1.07 bits per heavy atom. The Balaban J connectivity index is 0.000000691. The quantitative estimate of drug-likeness (QED) is 0.0541. The van der Waals surface area contributed by atoms with Crippen molar-refractivity contribution < 1.29 is 95.9 Å². The molecule has 7 aromatic rings. The number of pyridine rings is 1. The molecular weight excluding hydrogens is 1310 g/mol. The van der Waals surface area contributed by atoms with Crippen molar-refractivity contribution in [2.45, 2.75) is 145 Å². The summed E-state index contributed by atoms with van der Waals surface area (Å²) in [5, 5.41) is 11.9. The van der Waals surface area contributed by atoms with Gasteiger partial charge in [-0.05, 0) is 110 Å². The van der Waals surface area contributed by atoms with Crippen molar-refractivity contribution in [1.82, 2.24) is 9.97 Å². The molecule has 0 fully saturated rings. The predicted octanol–water partition coefficient (Wildman–Crippen LogP) is 21.3. The molecule has 4 nitrogen and oxygen atoms in total. The number of carbonyl (C=O) groups excluding carboxylic acids is 1. The van der Waals surface area contributed by atoms with Crippen LogP contribution in [0, 0.1) is 37.2 Å². The number of aliphatic hydroxyl groups is 1. The Bertz CT molecular complexity index is 3420. The van der Waals surface area contributed by atoms with Crippen molar-refractivity contribution in [1.29, 1.82) is 0 Å². The van der Waals surface area contributed by atoms with Gasteiger partial charge < -0.3 is 5.11 Å². The van der Waals surface area contributed by atoms with Crippen LogP contribution in [-0.2, 0) is 61.4 Å². The van der Waals surface area contributed by atoms with E-state index < -0.39 is 92.8 Å². The Kier molecular flexibility index (Phi) is 20.5. The summed E-state index contributed by atoms with van der Waals surface area (Å²) in [4.78, 5) is 21.1. The third-order valence-electron chi connectivity index (χ3n) is 14.5. The average Bonchev–Trinajstić information content (AvgIpc) is 3.85. The normalized spacial score (nSPS) is 13.2. The second-order valence-electron chi connectivity index (χ2n) is 22.0. The Morgan fingerprint density at radius 3 is 1.52 bits per heavy atom. The smallest absolute Gasteiger partial charge is 0.417 e. The number of rotatable bonds is 13. The molecule has 0 spiro atoms. The first-order valence-corrected chi connectivity index (χ1v) is 27.0. The van der Waals surface area contributed by atoms with Gasteiger partial charge in [-0.3, -0.25) is 9.78 Å². The van der Waals surface area contributed by atoms with Gasteiger partial charge >= 0.3 is 30.9 Å². The molecule has 1 N–H and O–H groups in total. The fourth-order valence-corrected chi connectivity index (χ4v) is 11.3. The van der Waals surface area contributed by atoms with E-state index in [1.165, 1.54) is 26.1 Å². The molecule has 0 amide bonds. The molecule has 0 saturated carbocycles. The van der Waals surface area contributed by atoms with Crippen molar-refractivity contribution in [3.8, 4) is 44.1 Å². The fraction of sp³-hybridized carbons (Fsp3) is 0.403. The third kappa shape index (κ3) is 15.0. The summed E-state index contributed by atoms with van der Waals surface area (Å²) in [6.45, 7) is 18.0. The van der Waals surface area contributed by atoms with Crippen molar-refractivity contribution in [3.63, 3.8) is 0 Å². The Morgan fingerprint density at radius 1 is 0.614 bits per heavy atom. The summed E-state index contributed by atoms with van der Waals surface area (Å²) >= 11 is 1.15. The minimum Gasteiger partial charge on any atom is -0.512 e. The zero-order valence-corrected chi connectivity index (χ0v) is 50.1. The minimum atomic E-state index is -5.91. The van der Waals surface area contributed by atoms with E-state index in [0.717, 1.165) is 65.5 Å². The fourth-order valence-electron chi connectivity index (χ4n) is 10.1. The van der Waals surface area contributed by atoms with Crippen molar-refractivity contribution in [2.75, 3.05) is 0 Å². The molecular formula is C62H60F15IrN2O2S-. The van der Waals surface area contributed by atoms with Gasteiger partial charge in [0.15, 0.2) is 5.78 Å². The molecule has 0 saturated heterocycles. The maximum Gasteiger partial charge on any atom is 0.417 e. The van der Waals surface area contributed by atoms with Gasteiger partial charge in [-0.2, -0.15) is 65.9 Å². The van der Waals surface area contributed by atoms with Gasteiger partial charge in [0.25, 0.3) is 0 Å². The second kappa shape index (κ2) is 25.0. The first kappa shape index (κ1) is 68.0. The number of hydrogen-bond acceptors (Lipinski definition) is 5. The van der Waals surface area contributed by atoms with Crippen molar-refractivity contribution in [2.24, 2.45) is 17.3 Å². The van der Waals surface area contributed by atoms with Crippen LogP contribution < -0.4 is 0 Å². The van der Waals surface area contributed by atoms with E-state index in [-0.39, 0.29) is 84.3 Å². The van der Waals surface area contributed by atoms with Crippen molar-refractivity contribution >= 4 is 38.1 Å². The second-order valence-corrected chi connectivity index (χ2v) is 23.0. The average molecular weight is 1370 g/mol.